The van der Waals surface area contributed by atoms with Gasteiger partial charge in [-0.15, -0.1) is 0 Å². The van der Waals surface area contributed by atoms with Gasteiger partial charge in [-0.1, -0.05) is 11.6 Å². The summed E-state index contributed by atoms with van der Waals surface area (Å²) in [4.78, 5) is 0. The largest absolute Gasteiger partial charge is 0.381 e. The van der Waals surface area contributed by atoms with Crippen LogP contribution < -0.4 is 5.32 Å². The molecule has 0 saturated carbocycles. The molecular weight excluding hydrogens is 174 g/mol. The fourth-order valence-electron chi connectivity index (χ4n) is 2.75. The second-order valence-electron chi connectivity index (χ2n) is 4.39. The predicted octanol–water partition coefficient (Wildman–Crippen LogP) is 2.11. The van der Waals surface area contributed by atoms with Gasteiger partial charge in [-0.25, -0.2) is 0 Å². The van der Waals surface area contributed by atoms with Crippen LogP contribution in [0.3, 0.4) is 0 Å². The minimum absolute atomic E-state index is 0.626. The SMILES string of the molecule is CNC(C1=CCCC1)C1CCOCC1. The lowest BCUT2D eigenvalue weighted by molar-refractivity contribution is 0.0586. The van der Waals surface area contributed by atoms with E-state index in [4.69, 9.17) is 4.74 Å². The molecule has 1 aliphatic carbocycles. The van der Waals surface area contributed by atoms with Crippen molar-refractivity contribution in [1.29, 1.82) is 0 Å². The highest BCUT2D eigenvalue weighted by Gasteiger charge is 2.26. The molecule has 1 unspecified atom stereocenters. The molecule has 0 aromatic rings. The third kappa shape index (κ3) is 2.18. The molecular formula is C12H21NO. The molecule has 14 heavy (non-hydrogen) atoms. The summed E-state index contributed by atoms with van der Waals surface area (Å²) in [6.07, 6.45) is 8.85. The summed E-state index contributed by atoms with van der Waals surface area (Å²) in [6.45, 7) is 1.91. The molecule has 0 spiro atoms. The van der Waals surface area contributed by atoms with Crippen molar-refractivity contribution in [1.82, 2.24) is 5.32 Å². The topological polar surface area (TPSA) is 21.3 Å². The Balaban J connectivity index is 1.96. The van der Waals surface area contributed by atoms with E-state index < -0.39 is 0 Å². The zero-order valence-corrected chi connectivity index (χ0v) is 9.09. The van der Waals surface area contributed by atoms with E-state index in [1.54, 1.807) is 5.57 Å². The number of ether oxygens (including phenoxy) is 1. The molecule has 1 fully saturated rings. The molecule has 1 saturated heterocycles. The van der Waals surface area contributed by atoms with Gasteiger partial charge in [-0.3, -0.25) is 0 Å². The van der Waals surface area contributed by atoms with Gasteiger partial charge in [0, 0.05) is 19.3 Å². The van der Waals surface area contributed by atoms with Crippen LogP contribution >= 0.6 is 0 Å². The Hall–Kier alpha value is -0.340. The Morgan fingerprint density at radius 3 is 2.79 bits per heavy atom. The molecule has 0 aromatic heterocycles. The minimum atomic E-state index is 0.626. The highest BCUT2D eigenvalue weighted by atomic mass is 16.5. The van der Waals surface area contributed by atoms with Gasteiger partial charge >= 0.3 is 0 Å². The van der Waals surface area contributed by atoms with Crippen LogP contribution in [0.2, 0.25) is 0 Å². The average Bonchev–Trinajstić information content (AvgIpc) is 2.74. The summed E-state index contributed by atoms with van der Waals surface area (Å²) in [5.74, 6) is 0.804. The summed E-state index contributed by atoms with van der Waals surface area (Å²) in [7, 11) is 2.10. The first-order valence-corrected chi connectivity index (χ1v) is 5.86. The van der Waals surface area contributed by atoms with E-state index in [1.807, 2.05) is 0 Å². The zero-order chi connectivity index (χ0) is 9.80. The van der Waals surface area contributed by atoms with Crippen LogP contribution in [0, 0.1) is 5.92 Å². The van der Waals surface area contributed by atoms with Gasteiger partial charge in [0.25, 0.3) is 0 Å². The molecule has 1 atom stereocenters. The number of hydrogen-bond acceptors (Lipinski definition) is 2. The van der Waals surface area contributed by atoms with Gasteiger partial charge in [0.05, 0.1) is 0 Å². The number of nitrogens with one attached hydrogen (secondary N) is 1. The van der Waals surface area contributed by atoms with Gasteiger partial charge in [-0.05, 0) is 45.1 Å². The summed E-state index contributed by atoms with van der Waals surface area (Å²) < 4.78 is 5.41. The predicted molar refractivity (Wildman–Crippen MR) is 58.3 cm³/mol. The van der Waals surface area contributed by atoms with Gasteiger partial charge < -0.3 is 10.1 Å². The molecule has 1 N–H and O–H groups in total. The summed E-state index contributed by atoms with van der Waals surface area (Å²) in [5.41, 5.74) is 1.65. The van der Waals surface area contributed by atoms with Gasteiger partial charge in [-0.2, -0.15) is 0 Å². The normalized spacial score (nSPS) is 26.2. The van der Waals surface area contributed by atoms with E-state index >= 15 is 0 Å². The lowest BCUT2D eigenvalue weighted by atomic mass is 9.86. The summed E-state index contributed by atoms with van der Waals surface area (Å²) in [5, 5.41) is 3.49. The molecule has 80 valence electrons. The van der Waals surface area contributed by atoms with E-state index in [1.165, 1.54) is 32.1 Å². The maximum Gasteiger partial charge on any atom is 0.0469 e. The number of allylic oxidation sites excluding steroid dienone is 1. The Morgan fingerprint density at radius 1 is 1.43 bits per heavy atom. The van der Waals surface area contributed by atoms with Crippen molar-refractivity contribution >= 4 is 0 Å². The molecule has 1 heterocycles. The Morgan fingerprint density at radius 2 is 2.21 bits per heavy atom. The highest BCUT2D eigenvalue weighted by Crippen LogP contribution is 2.29. The van der Waals surface area contributed by atoms with Crippen molar-refractivity contribution in [2.24, 2.45) is 5.92 Å². The Kier molecular flexibility index (Phi) is 3.60. The van der Waals surface area contributed by atoms with E-state index in [0.29, 0.717) is 6.04 Å². The fraction of sp³-hybridized carbons (Fsp3) is 0.833. The van der Waals surface area contributed by atoms with Gasteiger partial charge in [0.15, 0.2) is 0 Å². The van der Waals surface area contributed by atoms with Crippen LogP contribution in [0.25, 0.3) is 0 Å². The molecule has 0 amide bonds. The molecule has 2 nitrogen and oxygen atoms in total. The summed E-state index contributed by atoms with van der Waals surface area (Å²) in [6, 6.07) is 0.626. The second-order valence-corrected chi connectivity index (χ2v) is 4.39. The van der Waals surface area contributed by atoms with Crippen molar-refractivity contribution in [3.63, 3.8) is 0 Å². The molecule has 1 aliphatic heterocycles. The van der Waals surface area contributed by atoms with Crippen molar-refractivity contribution in [3.05, 3.63) is 11.6 Å². The van der Waals surface area contributed by atoms with E-state index in [9.17, 15) is 0 Å². The second kappa shape index (κ2) is 4.94. The van der Waals surface area contributed by atoms with Crippen LogP contribution in [0.4, 0.5) is 0 Å². The molecule has 2 aliphatic rings. The van der Waals surface area contributed by atoms with Crippen LogP contribution in [-0.4, -0.2) is 26.3 Å². The van der Waals surface area contributed by atoms with Gasteiger partial charge in [0.2, 0.25) is 0 Å². The first-order chi connectivity index (χ1) is 6.92. The highest BCUT2D eigenvalue weighted by molar-refractivity contribution is 5.16. The molecule has 0 aromatic carbocycles. The van der Waals surface area contributed by atoms with Crippen LogP contribution in [0.5, 0.6) is 0 Å². The minimum Gasteiger partial charge on any atom is -0.381 e. The number of likely N-dealkylation sites (N-methyl/N-ethyl adjacent to an activating group) is 1. The quantitative estimate of drug-likeness (QED) is 0.696. The number of hydrogen-bond donors (Lipinski definition) is 1. The molecule has 2 heteroatoms. The van der Waals surface area contributed by atoms with Crippen LogP contribution in [0.15, 0.2) is 11.6 Å². The van der Waals surface area contributed by atoms with Gasteiger partial charge in [0.1, 0.15) is 0 Å². The van der Waals surface area contributed by atoms with E-state index in [0.717, 1.165) is 19.1 Å². The monoisotopic (exact) mass is 195 g/mol. The Labute approximate surface area is 86.7 Å². The zero-order valence-electron chi connectivity index (χ0n) is 9.09. The Bertz CT molecular complexity index is 206. The van der Waals surface area contributed by atoms with E-state index in [2.05, 4.69) is 18.4 Å². The van der Waals surface area contributed by atoms with Crippen molar-refractivity contribution in [3.8, 4) is 0 Å². The third-order valence-corrected chi connectivity index (χ3v) is 3.52. The third-order valence-electron chi connectivity index (χ3n) is 3.52. The molecule has 0 bridgehead atoms. The molecule has 2 rings (SSSR count). The molecule has 0 radical (unpaired) electrons. The smallest absolute Gasteiger partial charge is 0.0469 e. The lowest BCUT2D eigenvalue weighted by Crippen LogP contribution is -2.38. The maximum absolute atomic E-state index is 5.41. The van der Waals surface area contributed by atoms with Crippen molar-refractivity contribution < 1.29 is 4.74 Å². The van der Waals surface area contributed by atoms with E-state index in [-0.39, 0.29) is 0 Å². The van der Waals surface area contributed by atoms with Crippen molar-refractivity contribution in [2.45, 2.75) is 38.1 Å². The lowest BCUT2D eigenvalue weighted by Gasteiger charge is -2.31. The summed E-state index contributed by atoms with van der Waals surface area (Å²) >= 11 is 0. The first-order valence-electron chi connectivity index (χ1n) is 5.86. The fourth-order valence-corrected chi connectivity index (χ4v) is 2.75. The van der Waals surface area contributed by atoms with Crippen molar-refractivity contribution in [2.75, 3.05) is 20.3 Å². The van der Waals surface area contributed by atoms with Crippen LogP contribution in [0.1, 0.15) is 32.1 Å². The average molecular weight is 195 g/mol. The maximum atomic E-state index is 5.41. The number of rotatable bonds is 3. The standard InChI is InChI=1S/C12H21NO/c1-13-12(10-4-2-3-5-10)11-6-8-14-9-7-11/h4,11-13H,2-3,5-9H2,1H3. The van der Waals surface area contributed by atoms with Crippen LogP contribution in [-0.2, 0) is 4.74 Å². The first kappa shape index (κ1) is 10.2.